The van der Waals surface area contributed by atoms with Crippen molar-refractivity contribution in [2.24, 2.45) is 0 Å². The van der Waals surface area contributed by atoms with Gasteiger partial charge in [-0.25, -0.2) is 4.39 Å². The Morgan fingerprint density at radius 3 is 2.69 bits per heavy atom. The van der Waals surface area contributed by atoms with Crippen LogP contribution in [-0.2, 0) is 9.53 Å². The summed E-state index contributed by atoms with van der Waals surface area (Å²) in [5.74, 6) is -0.959. The number of benzene rings is 2. The van der Waals surface area contributed by atoms with Gasteiger partial charge in [-0.15, -0.1) is 0 Å². The summed E-state index contributed by atoms with van der Waals surface area (Å²) in [7, 11) is 0. The second-order valence-corrected chi connectivity index (χ2v) is 6.50. The van der Waals surface area contributed by atoms with E-state index in [4.69, 9.17) is 13.9 Å². The van der Waals surface area contributed by atoms with Crippen molar-refractivity contribution in [1.82, 2.24) is 4.90 Å². The van der Waals surface area contributed by atoms with Gasteiger partial charge >= 0.3 is 0 Å². The molecule has 0 atom stereocenters. The van der Waals surface area contributed by atoms with Crippen LogP contribution in [-0.4, -0.2) is 49.6 Å². The van der Waals surface area contributed by atoms with Crippen molar-refractivity contribution in [2.75, 3.05) is 38.2 Å². The number of rotatable bonds is 5. The Hall–Kier alpha value is -3.39. The standard InChI is InChI=1S/C21H19FN2O5/c22-14-4-3-5-15(12-14)28-13-18(25)23-19-16-6-1-2-7-17(16)29-20(19)21(26)24-8-10-27-11-9-24/h1-7,12H,8-11,13H2,(H,23,25). The summed E-state index contributed by atoms with van der Waals surface area (Å²) in [6.07, 6.45) is 0. The monoisotopic (exact) mass is 398 g/mol. The van der Waals surface area contributed by atoms with Crippen molar-refractivity contribution in [2.45, 2.75) is 0 Å². The Balaban J connectivity index is 1.55. The van der Waals surface area contributed by atoms with Crippen LogP contribution in [0.1, 0.15) is 10.6 Å². The number of fused-ring (bicyclic) bond motifs is 1. The van der Waals surface area contributed by atoms with Crippen LogP contribution in [0.25, 0.3) is 11.0 Å². The molecule has 0 bridgehead atoms. The van der Waals surface area contributed by atoms with Crippen molar-refractivity contribution in [3.8, 4) is 5.75 Å². The molecule has 0 saturated carbocycles. The van der Waals surface area contributed by atoms with Crippen molar-refractivity contribution in [1.29, 1.82) is 0 Å². The molecule has 0 radical (unpaired) electrons. The fourth-order valence-electron chi connectivity index (χ4n) is 3.11. The average molecular weight is 398 g/mol. The Kier molecular flexibility index (Phi) is 5.44. The van der Waals surface area contributed by atoms with Crippen LogP contribution in [0.15, 0.2) is 52.9 Å². The first-order valence-corrected chi connectivity index (χ1v) is 9.18. The van der Waals surface area contributed by atoms with Gasteiger partial charge in [0.2, 0.25) is 5.76 Å². The first-order chi connectivity index (χ1) is 14.1. The number of nitrogens with one attached hydrogen (secondary N) is 1. The van der Waals surface area contributed by atoms with Crippen molar-refractivity contribution in [3.05, 3.63) is 60.1 Å². The van der Waals surface area contributed by atoms with Gasteiger partial charge in [0.1, 0.15) is 22.8 Å². The number of amides is 2. The van der Waals surface area contributed by atoms with Crippen LogP contribution in [0, 0.1) is 5.82 Å². The summed E-state index contributed by atoms with van der Waals surface area (Å²) < 4.78 is 29.6. The van der Waals surface area contributed by atoms with Crippen molar-refractivity contribution < 1.29 is 27.9 Å². The first-order valence-electron chi connectivity index (χ1n) is 9.18. The molecule has 0 aliphatic carbocycles. The maximum absolute atomic E-state index is 13.2. The summed E-state index contributed by atoms with van der Waals surface area (Å²) in [5, 5.41) is 3.32. The summed E-state index contributed by atoms with van der Waals surface area (Å²) in [4.78, 5) is 27.0. The van der Waals surface area contributed by atoms with Gasteiger partial charge in [-0.1, -0.05) is 18.2 Å². The third-order valence-corrected chi connectivity index (χ3v) is 4.52. The summed E-state index contributed by atoms with van der Waals surface area (Å²) in [6, 6.07) is 12.6. The highest BCUT2D eigenvalue weighted by molar-refractivity contribution is 6.11. The number of carbonyl (C=O) groups is 2. The lowest BCUT2D eigenvalue weighted by Crippen LogP contribution is -2.40. The van der Waals surface area contributed by atoms with E-state index in [1.165, 1.54) is 18.2 Å². The average Bonchev–Trinajstić information content (AvgIpc) is 3.11. The molecule has 8 heteroatoms. The van der Waals surface area contributed by atoms with E-state index in [2.05, 4.69) is 5.32 Å². The minimum absolute atomic E-state index is 0.0622. The number of para-hydroxylation sites is 1. The number of hydrogen-bond acceptors (Lipinski definition) is 5. The van der Waals surface area contributed by atoms with E-state index < -0.39 is 11.7 Å². The second kappa shape index (κ2) is 8.32. The van der Waals surface area contributed by atoms with Gasteiger partial charge in [-0.2, -0.15) is 0 Å². The Bertz CT molecular complexity index is 1040. The molecule has 0 unspecified atom stereocenters. The number of hydrogen-bond donors (Lipinski definition) is 1. The minimum atomic E-state index is -0.489. The highest BCUT2D eigenvalue weighted by atomic mass is 19.1. The van der Waals surface area contributed by atoms with Gasteiger partial charge in [-0.05, 0) is 24.3 Å². The molecule has 29 heavy (non-hydrogen) atoms. The largest absolute Gasteiger partial charge is 0.484 e. The third-order valence-electron chi connectivity index (χ3n) is 4.52. The van der Waals surface area contributed by atoms with Gasteiger partial charge in [0.15, 0.2) is 6.61 Å². The summed E-state index contributed by atoms with van der Waals surface area (Å²) in [6.45, 7) is 1.47. The molecule has 1 saturated heterocycles. The van der Waals surface area contributed by atoms with Crippen molar-refractivity contribution >= 4 is 28.5 Å². The Labute approximate surface area is 166 Å². The molecule has 1 aliphatic rings. The van der Waals surface area contributed by atoms with E-state index in [1.54, 1.807) is 35.2 Å². The molecular weight excluding hydrogens is 379 g/mol. The minimum Gasteiger partial charge on any atom is -0.484 e. The molecule has 1 N–H and O–H groups in total. The molecule has 3 aromatic rings. The smallest absolute Gasteiger partial charge is 0.291 e. The van der Waals surface area contributed by atoms with Gasteiger partial charge < -0.3 is 24.1 Å². The van der Waals surface area contributed by atoms with Crippen LogP contribution in [0.5, 0.6) is 5.75 Å². The lowest BCUT2D eigenvalue weighted by atomic mass is 10.2. The van der Waals surface area contributed by atoms with E-state index in [9.17, 15) is 14.0 Å². The first kappa shape index (κ1) is 18.9. The topological polar surface area (TPSA) is 81.0 Å². The highest BCUT2D eigenvalue weighted by Gasteiger charge is 2.27. The SMILES string of the molecule is O=C(COc1cccc(F)c1)Nc1c(C(=O)N2CCOCC2)oc2ccccc12. The van der Waals surface area contributed by atoms with E-state index in [0.717, 1.165) is 0 Å². The fraction of sp³-hybridized carbons (Fsp3) is 0.238. The molecule has 2 amide bonds. The Morgan fingerprint density at radius 2 is 1.90 bits per heavy atom. The van der Waals surface area contributed by atoms with Crippen LogP contribution < -0.4 is 10.1 Å². The van der Waals surface area contributed by atoms with Gasteiger partial charge in [-0.3, -0.25) is 9.59 Å². The lowest BCUT2D eigenvalue weighted by molar-refractivity contribution is -0.118. The number of halogens is 1. The molecule has 1 aliphatic heterocycles. The van der Waals surface area contributed by atoms with E-state index in [1.807, 2.05) is 0 Å². The number of ether oxygens (including phenoxy) is 2. The quantitative estimate of drug-likeness (QED) is 0.715. The van der Waals surface area contributed by atoms with Gasteiger partial charge in [0.05, 0.1) is 13.2 Å². The molecule has 4 rings (SSSR count). The van der Waals surface area contributed by atoms with E-state index >= 15 is 0 Å². The maximum atomic E-state index is 13.2. The van der Waals surface area contributed by atoms with Crippen LogP contribution >= 0.6 is 0 Å². The van der Waals surface area contributed by atoms with E-state index in [0.29, 0.717) is 43.0 Å². The molecular formula is C21H19FN2O5. The van der Waals surface area contributed by atoms with E-state index in [-0.39, 0.29) is 24.0 Å². The molecule has 0 spiro atoms. The number of nitrogens with zero attached hydrogens (tertiary/aromatic N) is 1. The zero-order chi connectivity index (χ0) is 20.2. The predicted octanol–water partition coefficient (Wildman–Crippen LogP) is 3.06. The maximum Gasteiger partial charge on any atom is 0.291 e. The Morgan fingerprint density at radius 1 is 1.10 bits per heavy atom. The number of furan rings is 1. The zero-order valence-electron chi connectivity index (χ0n) is 15.5. The molecule has 150 valence electrons. The highest BCUT2D eigenvalue weighted by Crippen LogP contribution is 2.32. The zero-order valence-corrected chi connectivity index (χ0v) is 15.5. The van der Waals surface area contributed by atoms with Crippen molar-refractivity contribution in [3.63, 3.8) is 0 Å². The second-order valence-electron chi connectivity index (χ2n) is 6.50. The molecule has 1 aromatic heterocycles. The predicted molar refractivity (Wildman–Crippen MR) is 103 cm³/mol. The van der Waals surface area contributed by atoms with Gasteiger partial charge in [0, 0.05) is 24.5 Å². The molecule has 7 nitrogen and oxygen atoms in total. The number of carbonyl (C=O) groups excluding carboxylic acids is 2. The van der Waals surface area contributed by atoms with Gasteiger partial charge in [0.25, 0.3) is 11.8 Å². The normalized spacial score (nSPS) is 14.0. The summed E-state index contributed by atoms with van der Waals surface area (Å²) >= 11 is 0. The molecule has 1 fully saturated rings. The summed E-state index contributed by atoms with van der Waals surface area (Å²) in [5.41, 5.74) is 0.787. The van der Waals surface area contributed by atoms with Crippen LogP contribution in [0.4, 0.5) is 10.1 Å². The van der Waals surface area contributed by atoms with Crippen LogP contribution in [0.2, 0.25) is 0 Å². The molecule has 2 heterocycles. The number of anilines is 1. The fourth-order valence-corrected chi connectivity index (χ4v) is 3.11. The van der Waals surface area contributed by atoms with Crippen LogP contribution in [0.3, 0.4) is 0 Å². The molecule has 2 aromatic carbocycles. The number of morpholine rings is 1. The third kappa shape index (κ3) is 4.22. The lowest BCUT2D eigenvalue weighted by Gasteiger charge is -2.26.